The van der Waals surface area contributed by atoms with E-state index in [-0.39, 0.29) is 0 Å². The van der Waals surface area contributed by atoms with E-state index in [0.29, 0.717) is 5.15 Å². The predicted octanol–water partition coefficient (Wildman–Crippen LogP) is 3.85. The lowest BCUT2D eigenvalue weighted by Crippen LogP contribution is -2.45. The second kappa shape index (κ2) is 7.51. The molecule has 0 spiro atoms. The standard InChI is InChI=1S/C22H22ClN5/c23-22-20-6-2-1-5-17(20)13-18(25-22)14-26-9-11-27(12-10-26)15-19-16-28-8-4-3-7-21(28)24-19/h1-8,13,16H,9-12,14-15H2. The number of aromatic nitrogens is 3. The summed E-state index contributed by atoms with van der Waals surface area (Å²) in [6.45, 7) is 5.87. The molecule has 28 heavy (non-hydrogen) atoms. The molecule has 0 unspecified atom stereocenters. The predicted molar refractivity (Wildman–Crippen MR) is 112 cm³/mol. The minimum Gasteiger partial charge on any atom is -0.307 e. The highest BCUT2D eigenvalue weighted by Crippen LogP contribution is 2.23. The number of fused-ring (bicyclic) bond motifs is 2. The molecule has 1 aliphatic rings. The number of hydrogen-bond donors (Lipinski definition) is 0. The molecule has 1 aromatic carbocycles. The smallest absolute Gasteiger partial charge is 0.137 e. The van der Waals surface area contributed by atoms with E-state index in [1.807, 2.05) is 42.6 Å². The van der Waals surface area contributed by atoms with E-state index >= 15 is 0 Å². The van der Waals surface area contributed by atoms with Crippen LogP contribution in [0, 0.1) is 0 Å². The van der Waals surface area contributed by atoms with Gasteiger partial charge in [-0.3, -0.25) is 9.80 Å². The van der Waals surface area contributed by atoms with Crippen LogP contribution < -0.4 is 0 Å². The Bertz CT molecular complexity index is 1080. The fourth-order valence-electron chi connectivity index (χ4n) is 3.92. The van der Waals surface area contributed by atoms with Crippen molar-refractivity contribution in [2.24, 2.45) is 0 Å². The van der Waals surface area contributed by atoms with E-state index in [4.69, 9.17) is 16.6 Å². The van der Waals surface area contributed by atoms with Gasteiger partial charge in [0.25, 0.3) is 0 Å². The van der Waals surface area contributed by atoms with Gasteiger partial charge < -0.3 is 4.40 Å². The van der Waals surface area contributed by atoms with Crippen LogP contribution in [0.4, 0.5) is 0 Å². The molecule has 0 bridgehead atoms. The maximum Gasteiger partial charge on any atom is 0.137 e. The average Bonchev–Trinajstić information content (AvgIpc) is 3.12. The highest BCUT2D eigenvalue weighted by Gasteiger charge is 2.19. The number of nitrogens with zero attached hydrogens (tertiary/aromatic N) is 5. The van der Waals surface area contributed by atoms with Crippen LogP contribution in [0.2, 0.25) is 5.15 Å². The zero-order valence-electron chi connectivity index (χ0n) is 15.6. The second-order valence-corrected chi connectivity index (χ2v) is 7.73. The Labute approximate surface area is 169 Å². The first kappa shape index (κ1) is 17.6. The van der Waals surface area contributed by atoms with Crippen LogP contribution in [0.15, 0.2) is 60.9 Å². The largest absolute Gasteiger partial charge is 0.307 e. The third-order valence-corrected chi connectivity index (χ3v) is 5.69. The lowest BCUT2D eigenvalue weighted by Gasteiger charge is -2.34. The molecule has 4 heterocycles. The van der Waals surface area contributed by atoms with Gasteiger partial charge in [-0.25, -0.2) is 9.97 Å². The van der Waals surface area contributed by atoms with Crippen molar-refractivity contribution >= 4 is 28.0 Å². The quantitative estimate of drug-likeness (QED) is 0.495. The van der Waals surface area contributed by atoms with Gasteiger partial charge in [0, 0.05) is 57.0 Å². The van der Waals surface area contributed by atoms with E-state index in [0.717, 1.165) is 67.1 Å². The van der Waals surface area contributed by atoms with E-state index in [2.05, 4.69) is 37.5 Å². The molecule has 0 amide bonds. The van der Waals surface area contributed by atoms with Crippen molar-refractivity contribution in [3.8, 4) is 0 Å². The molecule has 0 radical (unpaired) electrons. The maximum atomic E-state index is 6.38. The van der Waals surface area contributed by atoms with Crippen LogP contribution in [0.1, 0.15) is 11.4 Å². The molecular formula is C22H22ClN5. The van der Waals surface area contributed by atoms with Gasteiger partial charge in [-0.15, -0.1) is 0 Å². The van der Waals surface area contributed by atoms with Crippen LogP contribution in [-0.4, -0.2) is 50.3 Å². The summed E-state index contributed by atoms with van der Waals surface area (Å²) in [6.07, 6.45) is 4.17. The molecule has 0 aliphatic carbocycles. The van der Waals surface area contributed by atoms with Crippen LogP contribution in [0.5, 0.6) is 0 Å². The first-order chi connectivity index (χ1) is 13.7. The normalized spacial score (nSPS) is 16.2. The number of rotatable bonds is 4. The SMILES string of the molecule is Clc1nc(CN2CCN(Cc3cn4ccccc4n3)CC2)cc2ccccc12. The van der Waals surface area contributed by atoms with E-state index in [9.17, 15) is 0 Å². The fourth-order valence-corrected chi connectivity index (χ4v) is 4.20. The number of imidazole rings is 1. The maximum absolute atomic E-state index is 6.38. The minimum atomic E-state index is 0.596. The van der Waals surface area contributed by atoms with Gasteiger partial charge in [-0.2, -0.15) is 0 Å². The van der Waals surface area contributed by atoms with Gasteiger partial charge in [-0.05, 0) is 23.6 Å². The number of benzene rings is 1. The molecule has 6 heteroatoms. The molecule has 5 nitrogen and oxygen atoms in total. The number of hydrogen-bond acceptors (Lipinski definition) is 4. The average molecular weight is 392 g/mol. The Morgan fingerprint density at radius 3 is 2.32 bits per heavy atom. The second-order valence-electron chi connectivity index (χ2n) is 7.38. The Morgan fingerprint density at radius 1 is 0.821 bits per heavy atom. The van der Waals surface area contributed by atoms with E-state index < -0.39 is 0 Å². The van der Waals surface area contributed by atoms with Crippen molar-refractivity contribution < 1.29 is 0 Å². The Kier molecular flexibility index (Phi) is 4.72. The summed E-state index contributed by atoms with van der Waals surface area (Å²) in [5, 5.41) is 2.77. The van der Waals surface area contributed by atoms with Crippen molar-refractivity contribution in [2.75, 3.05) is 26.2 Å². The van der Waals surface area contributed by atoms with Crippen molar-refractivity contribution in [1.82, 2.24) is 24.2 Å². The van der Waals surface area contributed by atoms with Gasteiger partial charge >= 0.3 is 0 Å². The van der Waals surface area contributed by atoms with Gasteiger partial charge in [0.15, 0.2) is 0 Å². The van der Waals surface area contributed by atoms with Gasteiger partial charge in [0.2, 0.25) is 0 Å². The third kappa shape index (κ3) is 3.61. The number of piperazine rings is 1. The van der Waals surface area contributed by atoms with Gasteiger partial charge in [0.05, 0.1) is 11.4 Å². The molecule has 1 saturated heterocycles. The minimum absolute atomic E-state index is 0.596. The summed E-state index contributed by atoms with van der Waals surface area (Å²) >= 11 is 6.38. The first-order valence-electron chi connectivity index (χ1n) is 9.66. The van der Waals surface area contributed by atoms with Crippen LogP contribution in [-0.2, 0) is 13.1 Å². The summed E-state index contributed by atoms with van der Waals surface area (Å²) < 4.78 is 2.08. The summed E-state index contributed by atoms with van der Waals surface area (Å²) in [5.41, 5.74) is 3.18. The first-order valence-corrected chi connectivity index (χ1v) is 10.0. The molecule has 3 aromatic heterocycles. The highest BCUT2D eigenvalue weighted by atomic mass is 35.5. The Hall–Kier alpha value is -2.47. The van der Waals surface area contributed by atoms with E-state index in [1.54, 1.807) is 0 Å². The molecule has 0 atom stereocenters. The van der Waals surface area contributed by atoms with Gasteiger partial charge in [0.1, 0.15) is 10.8 Å². The Morgan fingerprint density at radius 2 is 1.54 bits per heavy atom. The molecule has 0 saturated carbocycles. The fraction of sp³-hybridized carbons (Fsp3) is 0.273. The van der Waals surface area contributed by atoms with Crippen molar-refractivity contribution in [1.29, 1.82) is 0 Å². The van der Waals surface area contributed by atoms with Crippen molar-refractivity contribution in [3.05, 3.63) is 77.5 Å². The molecule has 4 aromatic rings. The summed E-state index contributed by atoms with van der Waals surface area (Å²) in [5.74, 6) is 0. The zero-order chi connectivity index (χ0) is 18.9. The molecule has 1 fully saturated rings. The highest BCUT2D eigenvalue weighted by molar-refractivity contribution is 6.34. The summed E-state index contributed by atoms with van der Waals surface area (Å²) in [7, 11) is 0. The van der Waals surface area contributed by atoms with Crippen LogP contribution in [0.3, 0.4) is 0 Å². The molecular weight excluding hydrogens is 370 g/mol. The lowest BCUT2D eigenvalue weighted by molar-refractivity contribution is 0.120. The van der Waals surface area contributed by atoms with E-state index in [1.165, 1.54) is 0 Å². The zero-order valence-corrected chi connectivity index (χ0v) is 16.4. The van der Waals surface area contributed by atoms with Crippen LogP contribution in [0.25, 0.3) is 16.4 Å². The molecule has 5 rings (SSSR count). The summed E-state index contributed by atoms with van der Waals surface area (Å²) in [6, 6.07) is 16.4. The molecule has 142 valence electrons. The van der Waals surface area contributed by atoms with Gasteiger partial charge in [-0.1, -0.05) is 41.9 Å². The van der Waals surface area contributed by atoms with Crippen molar-refractivity contribution in [2.45, 2.75) is 13.1 Å². The third-order valence-electron chi connectivity index (χ3n) is 5.40. The topological polar surface area (TPSA) is 36.7 Å². The van der Waals surface area contributed by atoms with Crippen molar-refractivity contribution in [3.63, 3.8) is 0 Å². The number of halogens is 1. The van der Waals surface area contributed by atoms with Crippen LogP contribution >= 0.6 is 11.6 Å². The molecule has 0 N–H and O–H groups in total. The number of pyridine rings is 2. The molecule has 1 aliphatic heterocycles. The Balaban J connectivity index is 1.21. The summed E-state index contributed by atoms with van der Waals surface area (Å²) in [4.78, 5) is 14.2. The lowest BCUT2D eigenvalue weighted by atomic mass is 10.1. The monoisotopic (exact) mass is 391 g/mol.